The van der Waals surface area contributed by atoms with Gasteiger partial charge in [-0.1, -0.05) is 11.6 Å². The molecule has 1 fully saturated rings. The number of hydrogen-bond acceptors (Lipinski definition) is 4. The number of hydrogen-bond donors (Lipinski definition) is 2. The van der Waals surface area contributed by atoms with E-state index in [0.29, 0.717) is 13.0 Å². The molecule has 1 aromatic rings. The number of carboxylic acid groups (broad SMARTS) is 1. The smallest absolute Gasteiger partial charge is 0.337 e. The van der Waals surface area contributed by atoms with Gasteiger partial charge in [0.2, 0.25) is 5.91 Å². The molecule has 0 spiro atoms. The highest BCUT2D eigenvalue weighted by atomic mass is 35.5. The van der Waals surface area contributed by atoms with E-state index < -0.39 is 27.0 Å². The van der Waals surface area contributed by atoms with Crippen LogP contribution in [0.25, 0.3) is 0 Å². The molecule has 1 heterocycles. The van der Waals surface area contributed by atoms with Gasteiger partial charge in [-0.15, -0.1) is 0 Å². The van der Waals surface area contributed by atoms with Gasteiger partial charge in [-0.2, -0.15) is 0 Å². The van der Waals surface area contributed by atoms with E-state index in [9.17, 15) is 18.0 Å². The lowest BCUT2D eigenvalue weighted by atomic mass is 10.2. The lowest BCUT2D eigenvalue weighted by Gasteiger charge is -2.15. The molecule has 1 amide bonds. The first kappa shape index (κ1) is 15.8. The highest BCUT2D eigenvalue weighted by Gasteiger charge is 2.35. The Bertz CT molecular complexity index is 686. The second-order valence-corrected chi connectivity index (χ2v) is 7.30. The summed E-state index contributed by atoms with van der Waals surface area (Å²) in [7, 11) is -3.94. The highest BCUT2D eigenvalue weighted by Crippen LogP contribution is 2.26. The number of carbonyl (C=O) groups excluding carboxylic acids is 1. The minimum absolute atomic E-state index is 0.0493. The van der Waals surface area contributed by atoms with Crippen molar-refractivity contribution in [3.05, 3.63) is 28.8 Å². The molecular formula is C13H14ClNO5S. The van der Waals surface area contributed by atoms with Crippen LogP contribution in [-0.4, -0.2) is 37.2 Å². The summed E-state index contributed by atoms with van der Waals surface area (Å²) in [6, 6.07) is 3.44. The zero-order valence-corrected chi connectivity index (χ0v) is 12.6. The summed E-state index contributed by atoms with van der Waals surface area (Å²) < 4.78 is 25.1. The van der Waals surface area contributed by atoms with Crippen molar-refractivity contribution >= 4 is 33.3 Å². The lowest BCUT2D eigenvalue weighted by molar-refractivity contribution is -0.120. The first-order valence-corrected chi connectivity index (χ1v) is 8.31. The zero-order chi connectivity index (χ0) is 15.6. The fourth-order valence-corrected chi connectivity index (χ4v) is 4.13. The van der Waals surface area contributed by atoms with Gasteiger partial charge >= 0.3 is 5.97 Å². The summed E-state index contributed by atoms with van der Waals surface area (Å²) >= 11 is 5.73. The summed E-state index contributed by atoms with van der Waals surface area (Å²) in [6.45, 7) is 0.450. The molecule has 1 saturated heterocycles. The zero-order valence-electron chi connectivity index (χ0n) is 11.0. The number of sulfone groups is 1. The standard InChI is InChI=1S/C13H14ClNO5S/c14-10-5-4-8(7-9(10)13(17)18)21(19,20)11-3-1-2-6-15-12(11)16/h4-5,7,11H,1-3,6H2,(H,15,16)(H,17,18). The number of carboxylic acids is 1. The Morgan fingerprint density at radius 2 is 2.05 bits per heavy atom. The van der Waals surface area contributed by atoms with Gasteiger partial charge in [0.05, 0.1) is 15.5 Å². The van der Waals surface area contributed by atoms with Crippen LogP contribution in [0.3, 0.4) is 0 Å². The Kier molecular flexibility index (Phi) is 4.53. The summed E-state index contributed by atoms with van der Waals surface area (Å²) in [6.07, 6.45) is 1.56. The first-order chi connectivity index (χ1) is 9.84. The number of carbonyl (C=O) groups is 2. The van der Waals surface area contributed by atoms with Gasteiger partial charge in [0.25, 0.3) is 0 Å². The maximum absolute atomic E-state index is 12.5. The molecule has 6 nitrogen and oxygen atoms in total. The van der Waals surface area contributed by atoms with E-state index in [1.807, 2.05) is 0 Å². The number of amides is 1. The van der Waals surface area contributed by atoms with Gasteiger partial charge in [-0.3, -0.25) is 4.79 Å². The average Bonchev–Trinajstić information content (AvgIpc) is 2.63. The number of nitrogens with one attached hydrogen (secondary N) is 1. The van der Waals surface area contributed by atoms with E-state index in [0.717, 1.165) is 12.5 Å². The van der Waals surface area contributed by atoms with Gasteiger partial charge < -0.3 is 10.4 Å². The maximum atomic E-state index is 12.5. The van der Waals surface area contributed by atoms with Crippen LogP contribution in [0.5, 0.6) is 0 Å². The normalized spacial score (nSPS) is 19.7. The number of aromatic carboxylic acids is 1. The Morgan fingerprint density at radius 1 is 1.33 bits per heavy atom. The van der Waals surface area contributed by atoms with Crippen LogP contribution < -0.4 is 5.32 Å². The highest BCUT2D eigenvalue weighted by molar-refractivity contribution is 7.92. The van der Waals surface area contributed by atoms with Crippen LogP contribution in [0.1, 0.15) is 29.6 Å². The van der Waals surface area contributed by atoms with Crippen LogP contribution in [0.2, 0.25) is 5.02 Å². The van der Waals surface area contributed by atoms with Crippen LogP contribution in [-0.2, 0) is 14.6 Å². The molecule has 2 rings (SSSR count). The third kappa shape index (κ3) is 3.19. The second-order valence-electron chi connectivity index (χ2n) is 4.77. The number of halogens is 1. The van der Waals surface area contributed by atoms with Crippen molar-refractivity contribution in [3.63, 3.8) is 0 Å². The molecule has 21 heavy (non-hydrogen) atoms. The van der Waals surface area contributed by atoms with E-state index in [2.05, 4.69) is 5.32 Å². The van der Waals surface area contributed by atoms with Gasteiger partial charge in [0.1, 0.15) is 5.25 Å². The molecule has 0 aromatic heterocycles. The van der Waals surface area contributed by atoms with Crippen molar-refractivity contribution in [3.8, 4) is 0 Å². The summed E-state index contributed by atoms with van der Waals surface area (Å²) in [5.41, 5.74) is -0.299. The molecule has 1 aromatic carbocycles. The Labute approximate surface area is 127 Å². The van der Waals surface area contributed by atoms with Crippen LogP contribution >= 0.6 is 11.6 Å². The second kappa shape index (κ2) is 6.03. The van der Waals surface area contributed by atoms with Crippen molar-refractivity contribution in [2.45, 2.75) is 29.4 Å². The number of benzene rings is 1. The van der Waals surface area contributed by atoms with Crippen LogP contribution in [0, 0.1) is 0 Å². The SMILES string of the molecule is O=C(O)c1cc(S(=O)(=O)C2CCCCNC2=O)ccc1Cl. The Hall–Kier alpha value is -1.60. The largest absolute Gasteiger partial charge is 0.478 e. The minimum atomic E-state index is -3.94. The van der Waals surface area contributed by atoms with Crippen LogP contribution in [0.4, 0.5) is 0 Å². The summed E-state index contributed by atoms with van der Waals surface area (Å²) in [5.74, 6) is -1.86. The molecule has 1 aliphatic rings. The van der Waals surface area contributed by atoms with Crippen molar-refractivity contribution in [2.24, 2.45) is 0 Å². The minimum Gasteiger partial charge on any atom is -0.478 e. The molecule has 114 valence electrons. The van der Waals surface area contributed by atoms with Crippen molar-refractivity contribution in [1.29, 1.82) is 0 Å². The molecule has 1 atom stereocenters. The quantitative estimate of drug-likeness (QED) is 0.873. The molecule has 8 heteroatoms. The molecule has 1 unspecified atom stereocenters. The monoisotopic (exact) mass is 331 g/mol. The van der Waals surface area contributed by atoms with Crippen molar-refractivity contribution < 1.29 is 23.1 Å². The van der Waals surface area contributed by atoms with E-state index in [4.69, 9.17) is 16.7 Å². The Morgan fingerprint density at radius 3 is 2.71 bits per heavy atom. The summed E-state index contributed by atoms with van der Waals surface area (Å²) in [5, 5.41) is 10.3. The fraction of sp³-hybridized carbons (Fsp3) is 0.385. The molecule has 0 saturated carbocycles. The number of rotatable bonds is 3. The summed E-state index contributed by atoms with van der Waals surface area (Å²) in [4.78, 5) is 22.7. The molecule has 2 N–H and O–H groups in total. The molecule has 0 radical (unpaired) electrons. The Balaban J connectivity index is 2.46. The first-order valence-electron chi connectivity index (χ1n) is 6.38. The predicted molar refractivity (Wildman–Crippen MR) is 76.2 cm³/mol. The molecule has 1 aliphatic heterocycles. The maximum Gasteiger partial charge on any atom is 0.337 e. The third-order valence-corrected chi connectivity index (χ3v) is 5.80. The predicted octanol–water partition coefficient (Wildman–Crippen LogP) is 1.48. The van der Waals surface area contributed by atoms with Gasteiger partial charge in [-0.05, 0) is 37.5 Å². The van der Waals surface area contributed by atoms with Crippen molar-refractivity contribution in [1.82, 2.24) is 5.32 Å². The topological polar surface area (TPSA) is 101 Å². The van der Waals surface area contributed by atoms with Gasteiger partial charge in [-0.25, -0.2) is 13.2 Å². The van der Waals surface area contributed by atoms with E-state index in [1.54, 1.807) is 0 Å². The van der Waals surface area contributed by atoms with Crippen molar-refractivity contribution in [2.75, 3.05) is 6.54 Å². The van der Waals surface area contributed by atoms with Gasteiger partial charge in [0.15, 0.2) is 9.84 Å². The fourth-order valence-electron chi connectivity index (χ4n) is 2.22. The molecule has 0 bridgehead atoms. The van der Waals surface area contributed by atoms with Crippen LogP contribution in [0.15, 0.2) is 23.1 Å². The lowest BCUT2D eigenvalue weighted by Crippen LogP contribution is -2.38. The van der Waals surface area contributed by atoms with Gasteiger partial charge in [0, 0.05) is 6.54 Å². The third-order valence-electron chi connectivity index (χ3n) is 3.36. The average molecular weight is 332 g/mol. The van der Waals surface area contributed by atoms with E-state index >= 15 is 0 Å². The van der Waals surface area contributed by atoms with E-state index in [1.165, 1.54) is 12.1 Å². The molecule has 0 aliphatic carbocycles. The molecular weight excluding hydrogens is 318 g/mol. The van der Waals surface area contributed by atoms with E-state index in [-0.39, 0.29) is 21.9 Å².